The second-order valence-electron chi connectivity index (χ2n) is 5.07. The molecule has 2 nitrogen and oxygen atoms in total. The molecule has 0 aliphatic carbocycles. The SMILES string of the molecule is Cc1ccc(C)c(SCC(=O)Nc2cc(F)ccc2C)c1. The van der Waals surface area contributed by atoms with Gasteiger partial charge in [-0.2, -0.15) is 0 Å². The molecule has 0 saturated carbocycles. The Morgan fingerprint density at radius 2 is 1.81 bits per heavy atom. The molecular formula is C17H18FNOS. The number of rotatable bonds is 4. The summed E-state index contributed by atoms with van der Waals surface area (Å²) < 4.78 is 13.2. The first-order chi connectivity index (χ1) is 9.95. The van der Waals surface area contributed by atoms with E-state index >= 15 is 0 Å². The van der Waals surface area contributed by atoms with Crippen molar-refractivity contribution >= 4 is 23.4 Å². The first-order valence-electron chi connectivity index (χ1n) is 6.72. The van der Waals surface area contributed by atoms with Crippen LogP contribution in [0.2, 0.25) is 0 Å². The number of aryl methyl sites for hydroxylation is 3. The van der Waals surface area contributed by atoms with Crippen molar-refractivity contribution in [2.24, 2.45) is 0 Å². The lowest BCUT2D eigenvalue weighted by atomic mass is 10.2. The monoisotopic (exact) mass is 303 g/mol. The van der Waals surface area contributed by atoms with Crippen LogP contribution in [0.5, 0.6) is 0 Å². The highest BCUT2D eigenvalue weighted by Crippen LogP contribution is 2.24. The fourth-order valence-electron chi connectivity index (χ4n) is 1.92. The highest BCUT2D eigenvalue weighted by molar-refractivity contribution is 8.00. The van der Waals surface area contributed by atoms with Crippen LogP contribution in [-0.2, 0) is 4.79 Å². The molecule has 0 spiro atoms. The van der Waals surface area contributed by atoms with Crippen molar-refractivity contribution in [3.8, 4) is 0 Å². The van der Waals surface area contributed by atoms with E-state index in [1.165, 1.54) is 29.5 Å². The van der Waals surface area contributed by atoms with Crippen molar-refractivity contribution in [1.29, 1.82) is 0 Å². The van der Waals surface area contributed by atoms with Gasteiger partial charge in [-0.3, -0.25) is 4.79 Å². The molecule has 1 N–H and O–H groups in total. The van der Waals surface area contributed by atoms with E-state index in [9.17, 15) is 9.18 Å². The number of carbonyl (C=O) groups excluding carboxylic acids is 1. The molecule has 0 heterocycles. The molecule has 2 aromatic carbocycles. The molecule has 2 aromatic rings. The molecule has 110 valence electrons. The van der Waals surface area contributed by atoms with Gasteiger partial charge in [-0.25, -0.2) is 4.39 Å². The van der Waals surface area contributed by atoms with Gasteiger partial charge in [0, 0.05) is 10.6 Å². The van der Waals surface area contributed by atoms with Crippen molar-refractivity contribution in [1.82, 2.24) is 0 Å². The third kappa shape index (κ3) is 4.33. The van der Waals surface area contributed by atoms with Crippen molar-refractivity contribution in [2.75, 3.05) is 11.1 Å². The average molecular weight is 303 g/mol. The number of hydrogen-bond acceptors (Lipinski definition) is 2. The third-order valence-corrected chi connectivity index (χ3v) is 4.33. The minimum absolute atomic E-state index is 0.130. The maximum Gasteiger partial charge on any atom is 0.234 e. The van der Waals surface area contributed by atoms with Gasteiger partial charge in [-0.15, -0.1) is 11.8 Å². The molecule has 1 amide bonds. The highest BCUT2D eigenvalue weighted by atomic mass is 32.2. The van der Waals surface area contributed by atoms with Gasteiger partial charge in [-0.1, -0.05) is 23.8 Å². The van der Waals surface area contributed by atoms with Gasteiger partial charge in [-0.05, 0) is 50.1 Å². The Bertz CT molecular complexity index is 670. The van der Waals surface area contributed by atoms with Crippen LogP contribution < -0.4 is 5.32 Å². The van der Waals surface area contributed by atoms with Crippen LogP contribution in [0.3, 0.4) is 0 Å². The number of anilines is 1. The van der Waals surface area contributed by atoms with E-state index in [0.29, 0.717) is 11.4 Å². The van der Waals surface area contributed by atoms with Gasteiger partial charge in [0.05, 0.1) is 5.75 Å². The number of hydrogen-bond donors (Lipinski definition) is 1. The van der Waals surface area contributed by atoms with E-state index in [4.69, 9.17) is 0 Å². The first kappa shape index (κ1) is 15.6. The predicted molar refractivity (Wildman–Crippen MR) is 86.4 cm³/mol. The Morgan fingerprint density at radius 3 is 2.57 bits per heavy atom. The first-order valence-corrected chi connectivity index (χ1v) is 7.70. The van der Waals surface area contributed by atoms with Crippen molar-refractivity contribution in [3.63, 3.8) is 0 Å². The lowest BCUT2D eigenvalue weighted by molar-refractivity contribution is -0.113. The summed E-state index contributed by atoms with van der Waals surface area (Å²) in [6.07, 6.45) is 0. The molecule has 0 unspecified atom stereocenters. The minimum Gasteiger partial charge on any atom is -0.325 e. The minimum atomic E-state index is -0.349. The van der Waals surface area contributed by atoms with Gasteiger partial charge in [0.2, 0.25) is 5.91 Å². The summed E-state index contributed by atoms with van der Waals surface area (Å²) in [5.41, 5.74) is 3.70. The van der Waals surface area contributed by atoms with E-state index in [1.54, 1.807) is 6.07 Å². The summed E-state index contributed by atoms with van der Waals surface area (Å²) >= 11 is 1.49. The average Bonchev–Trinajstić information content (AvgIpc) is 2.44. The normalized spacial score (nSPS) is 10.5. The standard InChI is InChI=1S/C17H18FNOS/c1-11-4-5-13(3)16(8-11)21-10-17(20)19-15-9-14(18)7-6-12(15)2/h4-9H,10H2,1-3H3,(H,19,20). The van der Waals surface area contributed by atoms with E-state index < -0.39 is 0 Å². The summed E-state index contributed by atoms with van der Waals surface area (Å²) in [5, 5.41) is 2.76. The van der Waals surface area contributed by atoms with Crippen LogP contribution in [0, 0.1) is 26.6 Å². The van der Waals surface area contributed by atoms with Crippen molar-refractivity contribution in [3.05, 3.63) is 58.9 Å². The van der Waals surface area contributed by atoms with Crippen LogP contribution in [0.4, 0.5) is 10.1 Å². The quantitative estimate of drug-likeness (QED) is 0.844. The maximum atomic E-state index is 13.2. The fraction of sp³-hybridized carbons (Fsp3) is 0.235. The highest BCUT2D eigenvalue weighted by Gasteiger charge is 2.08. The number of nitrogens with one attached hydrogen (secondary N) is 1. The van der Waals surface area contributed by atoms with Gasteiger partial charge in [0.15, 0.2) is 0 Å². The number of amides is 1. The Hall–Kier alpha value is -1.81. The Kier molecular flexibility index (Phi) is 5.02. The molecule has 21 heavy (non-hydrogen) atoms. The number of carbonyl (C=O) groups is 1. The summed E-state index contributed by atoms with van der Waals surface area (Å²) in [6.45, 7) is 5.89. The molecular weight excluding hydrogens is 285 g/mol. The number of thioether (sulfide) groups is 1. The third-order valence-electron chi connectivity index (χ3n) is 3.18. The zero-order valence-electron chi connectivity index (χ0n) is 12.4. The second-order valence-corrected chi connectivity index (χ2v) is 6.08. The largest absolute Gasteiger partial charge is 0.325 e. The Labute approximate surface area is 128 Å². The molecule has 0 aromatic heterocycles. The Morgan fingerprint density at radius 1 is 1.10 bits per heavy atom. The van der Waals surface area contributed by atoms with E-state index in [-0.39, 0.29) is 11.7 Å². The van der Waals surface area contributed by atoms with Gasteiger partial charge < -0.3 is 5.32 Å². The van der Waals surface area contributed by atoms with Crippen LogP contribution in [0.25, 0.3) is 0 Å². The molecule has 2 rings (SSSR count). The molecule has 0 saturated heterocycles. The Balaban J connectivity index is 1.99. The molecule has 0 bridgehead atoms. The summed E-state index contributed by atoms with van der Waals surface area (Å²) in [7, 11) is 0. The fourth-order valence-corrected chi connectivity index (χ4v) is 2.84. The lowest BCUT2D eigenvalue weighted by Gasteiger charge is -2.09. The maximum absolute atomic E-state index is 13.2. The lowest BCUT2D eigenvalue weighted by Crippen LogP contribution is -2.15. The van der Waals surface area contributed by atoms with Gasteiger partial charge in [0.1, 0.15) is 5.82 Å². The van der Waals surface area contributed by atoms with Crippen LogP contribution in [0.1, 0.15) is 16.7 Å². The number of benzene rings is 2. The van der Waals surface area contributed by atoms with Crippen molar-refractivity contribution < 1.29 is 9.18 Å². The number of halogens is 1. The van der Waals surface area contributed by atoms with E-state index in [0.717, 1.165) is 16.0 Å². The van der Waals surface area contributed by atoms with Crippen LogP contribution in [0.15, 0.2) is 41.3 Å². The van der Waals surface area contributed by atoms with Gasteiger partial charge >= 0.3 is 0 Å². The predicted octanol–water partition coefficient (Wildman–Crippen LogP) is 4.48. The molecule has 0 radical (unpaired) electrons. The summed E-state index contributed by atoms with van der Waals surface area (Å²) in [6, 6.07) is 10.6. The molecule has 0 atom stereocenters. The molecule has 0 aliphatic heterocycles. The smallest absolute Gasteiger partial charge is 0.234 e. The molecule has 4 heteroatoms. The zero-order valence-corrected chi connectivity index (χ0v) is 13.2. The van der Waals surface area contributed by atoms with Crippen molar-refractivity contribution in [2.45, 2.75) is 25.7 Å². The molecule has 0 fully saturated rings. The van der Waals surface area contributed by atoms with Crippen LogP contribution >= 0.6 is 11.8 Å². The topological polar surface area (TPSA) is 29.1 Å². The summed E-state index contributed by atoms with van der Waals surface area (Å²) in [5.74, 6) is -0.173. The second kappa shape index (κ2) is 6.76. The van der Waals surface area contributed by atoms with E-state index in [2.05, 4.69) is 17.4 Å². The van der Waals surface area contributed by atoms with Gasteiger partial charge in [0.25, 0.3) is 0 Å². The van der Waals surface area contributed by atoms with Crippen LogP contribution in [-0.4, -0.2) is 11.7 Å². The zero-order chi connectivity index (χ0) is 15.4. The summed E-state index contributed by atoms with van der Waals surface area (Å²) in [4.78, 5) is 13.1. The molecule has 0 aliphatic rings. The van der Waals surface area contributed by atoms with E-state index in [1.807, 2.05) is 26.8 Å².